The molecule has 4 rings (SSSR count). The lowest BCUT2D eigenvalue weighted by molar-refractivity contribution is -0.140. The number of anilines is 1. The van der Waals surface area contributed by atoms with Crippen molar-refractivity contribution in [3.05, 3.63) is 131 Å². The zero-order valence-electron chi connectivity index (χ0n) is 23.4. The molecule has 4 aromatic carbocycles. The molecule has 42 heavy (non-hydrogen) atoms. The summed E-state index contributed by atoms with van der Waals surface area (Å²) in [5.41, 5.74) is 1.94. The number of nitrogens with one attached hydrogen (secondary N) is 1. The molecule has 0 aliphatic carbocycles. The summed E-state index contributed by atoms with van der Waals surface area (Å²) in [5.74, 6) is -0.823. The fraction of sp³-hybridized carbons (Fsp3) is 0.212. The highest BCUT2D eigenvalue weighted by Gasteiger charge is 2.34. The van der Waals surface area contributed by atoms with Crippen LogP contribution in [0.4, 0.5) is 5.69 Å². The van der Waals surface area contributed by atoms with Gasteiger partial charge in [0.15, 0.2) is 0 Å². The average Bonchev–Trinajstić information content (AvgIpc) is 3.01. The number of sulfonamides is 1. The predicted octanol–water partition coefficient (Wildman–Crippen LogP) is 5.70. The van der Waals surface area contributed by atoms with E-state index in [2.05, 4.69) is 5.32 Å². The number of carbonyl (C=O) groups is 2. The van der Waals surface area contributed by atoms with Crippen molar-refractivity contribution in [2.24, 2.45) is 0 Å². The molecule has 1 N–H and O–H groups in total. The first-order valence-electron chi connectivity index (χ1n) is 13.8. The highest BCUT2D eigenvalue weighted by atomic mass is 35.5. The van der Waals surface area contributed by atoms with E-state index < -0.39 is 28.5 Å². The molecule has 0 aliphatic rings. The summed E-state index contributed by atoms with van der Waals surface area (Å²) in [4.78, 5) is 29.4. The van der Waals surface area contributed by atoms with Crippen LogP contribution in [0.3, 0.4) is 0 Å². The molecule has 9 heteroatoms. The van der Waals surface area contributed by atoms with Crippen LogP contribution in [0.5, 0.6) is 0 Å². The van der Waals surface area contributed by atoms with Crippen molar-refractivity contribution in [3.8, 4) is 0 Å². The lowest BCUT2D eigenvalue weighted by Crippen LogP contribution is -2.53. The van der Waals surface area contributed by atoms with Crippen LogP contribution in [0.2, 0.25) is 5.02 Å². The van der Waals surface area contributed by atoms with Gasteiger partial charge in [-0.25, -0.2) is 8.42 Å². The normalized spacial score (nSPS) is 11.9. The number of nitrogens with zero attached hydrogens (tertiary/aromatic N) is 2. The van der Waals surface area contributed by atoms with Gasteiger partial charge < -0.3 is 10.2 Å². The highest BCUT2D eigenvalue weighted by Crippen LogP contribution is 2.27. The van der Waals surface area contributed by atoms with Crippen molar-refractivity contribution in [2.45, 2.75) is 37.2 Å². The van der Waals surface area contributed by atoms with Crippen LogP contribution >= 0.6 is 11.6 Å². The van der Waals surface area contributed by atoms with Gasteiger partial charge in [-0.05, 0) is 47.9 Å². The molecule has 7 nitrogen and oxygen atoms in total. The Kier molecular flexibility index (Phi) is 10.8. The summed E-state index contributed by atoms with van der Waals surface area (Å²) in [6.07, 6.45) is 0.992. The van der Waals surface area contributed by atoms with E-state index in [9.17, 15) is 18.0 Å². The maximum absolute atomic E-state index is 14.3. The summed E-state index contributed by atoms with van der Waals surface area (Å²) in [6, 6.07) is 32.2. The molecule has 0 heterocycles. The summed E-state index contributed by atoms with van der Waals surface area (Å²) in [6.45, 7) is 1.99. The van der Waals surface area contributed by atoms with E-state index in [1.807, 2.05) is 67.6 Å². The number of carbonyl (C=O) groups excluding carboxylic acids is 2. The van der Waals surface area contributed by atoms with Gasteiger partial charge in [-0.1, -0.05) is 103 Å². The van der Waals surface area contributed by atoms with Crippen molar-refractivity contribution in [2.75, 3.05) is 17.4 Å². The van der Waals surface area contributed by atoms with Gasteiger partial charge in [0.25, 0.3) is 10.0 Å². The molecule has 0 radical (unpaired) electrons. The van der Waals surface area contributed by atoms with Crippen LogP contribution in [0.25, 0.3) is 0 Å². The minimum Gasteiger partial charge on any atom is -0.354 e. The zero-order chi connectivity index (χ0) is 30.0. The van der Waals surface area contributed by atoms with E-state index in [4.69, 9.17) is 11.6 Å². The molecule has 0 saturated carbocycles. The van der Waals surface area contributed by atoms with Crippen LogP contribution in [0, 0.1) is 0 Å². The maximum Gasteiger partial charge on any atom is 0.264 e. The van der Waals surface area contributed by atoms with E-state index in [1.54, 1.807) is 36.4 Å². The quantitative estimate of drug-likeness (QED) is 0.212. The van der Waals surface area contributed by atoms with E-state index in [0.717, 1.165) is 21.9 Å². The first-order chi connectivity index (χ1) is 20.3. The first kappa shape index (κ1) is 30.8. The molecule has 1 atom stereocenters. The van der Waals surface area contributed by atoms with Crippen LogP contribution in [-0.4, -0.2) is 44.3 Å². The third kappa shape index (κ3) is 7.99. The van der Waals surface area contributed by atoms with Gasteiger partial charge in [-0.15, -0.1) is 0 Å². The number of hydrogen-bond donors (Lipinski definition) is 1. The van der Waals surface area contributed by atoms with Gasteiger partial charge in [0.2, 0.25) is 11.8 Å². The summed E-state index contributed by atoms with van der Waals surface area (Å²) < 4.78 is 28.9. The van der Waals surface area contributed by atoms with Crippen LogP contribution in [0.1, 0.15) is 24.5 Å². The minimum absolute atomic E-state index is 0.0360. The number of benzene rings is 4. The Balaban J connectivity index is 1.77. The third-order valence-corrected chi connectivity index (χ3v) is 8.75. The third-order valence-electron chi connectivity index (χ3n) is 6.72. The standard InChI is InChI=1S/C33H34ClN3O4S/c1-2-21-35-33(39)31(22-26-13-6-3-7-14-26)36(24-27-15-8-4-9-16-27)32(38)25-37(29-18-12-17-28(34)23-29)42(40,41)30-19-10-5-11-20-30/h3-20,23,31H,2,21-22,24-25H2,1H3,(H,35,39)/t31-/m0/s1. The van der Waals surface area contributed by atoms with Crippen molar-refractivity contribution in [1.29, 1.82) is 0 Å². The molecule has 0 aliphatic heterocycles. The molecule has 0 unspecified atom stereocenters. The largest absolute Gasteiger partial charge is 0.354 e. The topological polar surface area (TPSA) is 86.8 Å². The Labute approximate surface area is 252 Å². The van der Waals surface area contributed by atoms with E-state index in [0.29, 0.717) is 11.6 Å². The predicted molar refractivity (Wildman–Crippen MR) is 167 cm³/mol. The van der Waals surface area contributed by atoms with Gasteiger partial charge in [-0.2, -0.15) is 0 Å². The Morgan fingerprint density at radius 3 is 2.00 bits per heavy atom. The van der Waals surface area contributed by atoms with Crippen molar-refractivity contribution < 1.29 is 18.0 Å². The van der Waals surface area contributed by atoms with Crippen molar-refractivity contribution in [3.63, 3.8) is 0 Å². The molecule has 2 amide bonds. The maximum atomic E-state index is 14.3. The monoisotopic (exact) mass is 603 g/mol. The van der Waals surface area contributed by atoms with Crippen molar-refractivity contribution >= 4 is 39.1 Å². The molecule has 0 bridgehead atoms. The first-order valence-corrected chi connectivity index (χ1v) is 15.6. The number of hydrogen-bond acceptors (Lipinski definition) is 4. The van der Waals surface area contributed by atoms with Crippen LogP contribution in [-0.2, 0) is 32.6 Å². The Morgan fingerprint density at radius 2 is 1.40 bits per heavy atom. The summed E-state index contributed by atoms with van der Waals surface area (Å²) >= 11 is 6.25. The minimum atomic E-state index is -4.16. The van der Waals surface area contributed by atoms with Crippen LogP contribution < -0.4 is 9.62 Å². The van der Waals surface area contributed by atoms with E-state index in [1.165, 1.54) is 23.1 Å². The number of halogens is 1. The molecule has 4 aromatic rings. The lowest BCUT2D eigenvalue weighted by Gasteiger charge is -2.34. The number of rotatable bonds is 13. The van der Waals surface area contributed by atoms with Gasteiger partial charge in [0.1, 0.15) is 12.6 Å². The molecule has 0 saturated heterocycles. The Bertz CT molecular complexity index is 1570. The second kappa shape index (κ2) is 14.7. The van der Waals surface area contributed by atoms with Gasteiger partial charge in [-0.3, -0.25) is 13.9 Å². The molecular formula is C33H34ClN3O4S. The summed E-state index contributed by atoms with van der Waals surface area (Å²) in [7, 11) is -4.16. The van der Waals surface area contributed by atoms with Crippen molar-refractivity contribution in [1.82, 2.24) is 10.2 Å². The highest BCUT2D eigenvalue weighted by molar-refractivity contribution is 7.92. The number of amides is 2. The Hall–Kier alpha value is -4.14. The van der Waals surface area contributed by atoms with Gasteiger partial charge in [0, 0.05) is 24.5 Å². The Morgan fingerprint density at radius 1 is 0.810 bits per heavy atom. The zero-order valence-corrected chi connectivity index (χ0v) is 25.0. The fourth-order valence-corrected chi connectivity index (χ4v) is 6.19. The average molecular weight is 604 g/mol. The molecule has 0 spiro atoms. The van der Waals surface area contributed by atoms with Gasteiger partial charge in [0.05, 0.1) is 10.6 Å². The summed E-state index contributed by atoms with van der Waals surface area (Å²) in [5, 5.41) is 3.27. The second-order valence-electron chi connectivity index (χ2n) is 9.81. The smallest absolute Gasteiger partial charge is 0.264 e. The lowest BCUT2D eigenvalue weighted by atomic mass is 10.0. The fourth-order valence-electron chi connectivity index (χ4n) is 4.58. The molecular weight excluding hydrogens is 570 g/mol. The molecule has 218 valence electrons. The molecule has 0 aromatic heterocycles. The molecule has 0 fully saturated rings. The SMILES string of the molecule is CCCNC(=O)[C@H](Cc1ccccc1)N(Cc1ccccc1)C(=O)CN(c1cccc(Cl)c1)S(=O)(=O)c1ccccc1. The van der Waals surface area contributed by atoms with E-state index >= 15 is 0 Å². The second-order valence-corrected chi connectivity index (χ2v) is 12.1. The van der Waals surface area contributed by atoms with Gasteiger partial charge >= 0.3 is 0 Å². The van der Waals surface area contributed by atoms with Crippen LogP contribution in [0.15, 0.2) is 120 Å². The van der Waals surface area contributed by atoms with E-state index in [-0.39, 0.29) is 29.5 Å².